The van der Waals surface area contributed by atoms with Crippen molar-refractivity contribution in [2.24, 2.45) is 0 Å². The van der Waals surface area contributed by atoms with Crippen LogP contribution in [0, 0.1) is 5.82 Å². The van der Waals surface area contributed by atoms with Crippen molar-refractivity contribution in [3.05, 3.63) is 64.9 Å². The number of carbonyl (C=O) groups is 1. The predicted octanol–water partition coefficient (Wildman–Crippen LogP) is 3.93. The first-order valence-electron chi connectivity index (χ1n) is 6.53. The summed E-state index contributed by atoms with van der Waals surface area (Å²) >= 11 is 7.47. The van der Waals surface area contributed by atoms with Gasteiger partial charge in [0.2, 0.25) is 5.91 Å². The molecule has 0 bridgehead atoms. The van der Waals surface area contributed by atoms with Crippen LogP contribution in [-0.4, -0.2) is 18.2 Å². The summed E-state index contributed by atoms with van der Waals surface area (Å²) in [5, 5.41) is 3.56. The van der Waals surface area contributed by atoms with Gasteiger partial charge in [0.05, 0.1) is 6.42 Å². The van der Waals surface area contributed by atoms with E-state index < -0.39 is 0 Å². The minimum Gasteiger partial charge on any atom is -0.355 e. The molecule has 0 heterocycles. The second-order valence-electron chi connectivity index (χ2n) is 4.46. The maximum absolute atomic E-state index is 12.7. The van der Waals surface area contributed by atoms with Crippen LogP contribution < -0.4 is 5.32 Å². The van der Waals surface area contributed by atoms with Gasteiger partial charge >= 0.3 is 0 Å². The third-order valence-corrected chi connectivity index (χ3v) is 4.05. The fourth-order valence-electron chi connectivity index (χ4n) is 1.74. The van der Waals surface area contributed by atoms with Gasteiger partial charge in [0, 0.05) is 22.2 Å². The number of carbonyl (C=O) groups excluding carboxylic acids is 1. The number of nitrogens with one attached hydrogen (secondary N) is 1. The molecule has 0 aliphatic heterocycles. The van der Waals surface area contributed by atoms with Crippen LogP contribution in [0.15, 0.2) is 53.4 Å². The zero-order chi connectivity index (χ0) is 15.1. The van der Waals surface area contributed by atoms with Crippen LogP contribution in [0.1, 0.15) is 5.56 Å². The Morgan fingerprint density at radius 1 is 1.10 bits per heavy atom. The highest BCUT2D eigenvalue weighted by Crippen LogP contribution is 2.19. The number of thioether (sulfide) groups is 1. The average molecular weight is 324 g/mol. The average Bonchev–Trinajstić information content (AvgIpc) is 2.48. The van der Waals surface area contributed by atoms with Crippen molar-refractivity contribution >= 4 is 29.3 Å². The topological polar surface area (TPSA) is 29.1 Å². The van der Waals surface area contributed by atoms with E-state index in [2.05, 4.69) is 5.32 Å². The lowest BCUT2D eigenvalue weighted by atomic mass is 10.1. The first-order chi connectivity index (χ1) is 10.1. The maximum Gasteiger partial charge on any atom is 0.224 e. The van der Waals surface area contributed by atoms with E-state index in [1.165, 1.54) is 12.1 Å². The standard InChI is InChI=1S/C16H15ClFNOS/c17-13-3-7-15(8-4-13)21-10-9-19-16(20)11-12-1-5-14(18)6-2-12/h1-8H,9-11H2,(H,19,20). The Balaban J connectivity index is 1.67. The molecule has 0 atom stereocenters. The lowest BCUT2D eigenvalue weighted by Crippen LogP contribution is -2.27. The van der Waals surface area contributed by atoms with Gasteiger partial charge in [0.1, 0.15) is 5.82 Å². The Kier molecular flexibility index (Phi) is 6.08. The number of hydrogen-bond donors (Lipinski definition) is 1. The molecule has 2 nitrogen and oxygen atoms in total. The van der Waals surface area contributed by atoms with Gasteiger partial charge in [-0.25, -0.2) is 4.39 Å². The minimum atomic E-state index is -0.293. The second-order valence-corrected chi connectivity index (χ2v) is 6.06. The largest absolute Gasteiger partial charge is 0.355 e. The van der Waals surface area contributed by atoms with E-state index in [0.29, 0.717) is 11.6 Å². The van der Waals surface area contributed by atoms with Crippen LogP contribution in [-0.2, 0) is 11.2 Å². The van der Waals surface area contributed by atoms with Crippen LogP contribution >= 0.6 is 23.4 Å². The number of halogens is 2. The fraction of sp³-hybridized carbons (Fsp3) is 0.188. The van der Waals surface area contributed by atoms with Crippen molar-refractivity contribution in [1.82, 2.24) is 5.32 Å². The Morgan fingerprint density at radius 3 is 2.43 bits per heavy atom. The Morgan fingerprint density at radius 2 is 1.76 bits per heavy atom. The Labute approximate surface area is 132 Å². The molecule has 5 heteroatoms. The summed E-state index contributed by atoms with van der Waals surface area (Å²) in [4.78, 5) is 12.8. The van der Waals surface area contributed by atoms with E-state index in [-0.39, 0.29) is 18.1 Å². The summed E-state index contributed by atoms with van der Waals surface area (Å²) in [6.07, 6.45) is 0.270. The van der Waals surface area contributed by atoms with Crippen LogP contribution in [0.2, 0.25) is 5.02 Å². The van der Waals surface area contributed by atoms with Crippen molar-refractivity contribution in [2.45, 2.75) is 11.3 Å². The minimum absolute atomic E-state index is 0.0571. The summed E-state index contributed by atoms with van der Waals surface area (Å²) in [7, 11) is 0. The van der Waals surface area contributed by atoms with E-state index in [0.717, 1.165) is 16.2 Å². The van der Waals surface area contributed by atoms with Gasteiger partial charge in [-0.15, -0.1) is 11.8 Å². The molecule has 110 valence electrons. The third-order valence-electron chi connectivity index (χ3n) is 2.78. The molecule has 0 aliphatic rings. The highest BCUT2D eigenvalue weighted by molar-refractivity contribution is 7.99. The van der Waals surface area contributed by atoms with E-state index in [4.69, 9.17) is 11.6 Å². The molecule has 0 fully saturated rings. The van der Waals surface area contributed by atoms with Crippen molar-refractivity contribution in [3.8, 4) is 0 Å². The number of amides is 1. The first-order valence-corrected chi connectivity index (χ1v) is 7.89. The molecule has 0 aliphatic carbocycles. The molecular weight excluding hydrogens is 309 g/mol. The van der Waals surface area contributed by atoms with Crippen molar-refractivity contribution in [3.63, 3.8) is 0 Å². The first kappa shape index (κ1) is 15.9. The fourth-order valence-corrected chi connectivity index (χ4v) is 2.63. The third kappa shape index (κ3) is 5.78. The smallest absolute Gasteiger partial charge is 0.224 e. The van der Waals surface area contributed by atoms with Crippen LogP contribution in [0.3, 0.4) is 0 Å². The summed E-state index contributed by atoms with van der Waals surface area (Å²) in [6, 6.07) is 13.6. The van der Waals surface area contributed by atoms with Gasteiger partial charge in [0.25, 0.3) is 0 Å². The summed E-state index contributed by atoms with van der Waals surface area (Å²) in [5.41, 5.74) is 0.805. The number of hydrogen-bond acceptors (Lipinski definition) is 2. The van der Waals surface area contributed by atoms with Crippen molar-refractivity contribution in [1.29, 1.82) is 0 Å². The quantitative estimate of drug-likeness (QED) is 0.644. The number of benzene rings is 2. The van der Waals surface area contributed by atoms with Crippen LogP contribution in [0.25, 0.3) is 0 Å². The zero-order valence-corrected chi connectivity index (χ0v) is 12.9. The summed E-state index contributed by atoms with van der Waals surface area (Å²) in [6.45, 7) is 0.591. The summed E-state index contributed by atoms with van der Waals surface area (Å²) in [5.74, 6) is 0.438. The maximum atomic E-state index is 12.7. The number of rotatable bonds is 6. The predicted molar refractivity (Wildman–Crippen MR) is 85.3 cm³/mol. The van der Waals surface area contributed by atoms with Crippen molar-refractivity contribution < 1.29 is 9.18 Å². The second kappa shape index (κ2) is 8.05. The lowest BCUT2D eigenvalue weighted by Gasteiger charge is -2.05. The SMILES string of the molecule is O=C(Cc1ccc(F)cc1)NCCSc1ccc(Cl)cc1. The van der Waals surface area contributed by atoms with Gasteiger partial charge in [-0.3, -0.25) is 4.79 Å². The van der Waals surface area contributed by atoms with Gasteiger partial charge in [-0.05, 0) is 42.0 Å². The molecule has 0 spiro atoms. The van der Waals surface area contributed by atoms with Gasteiger partial charge < -0.3 is 5.32 Å². The van der Waals surface area contributed by atoms with E-state index >= 15 is 0 Å². The highest BCUT2D eigenvalue weighted by Gasteiger charge is 2.03. The van der Waals surface area contributed by atoms with Crippen LogP contribution in [0.5, 0.6) is 0 Å². The zero-order valence-electron chi connectivity index (χ0n) is 11.3. The lowest BCUT2D eigenvalue weighted by molar-refractivity contribution is -0.120. The van der Waals surface area contributed by atoms with Gasteiger partial charge in [0.15, 0.2) is 0 Å². The molecule has 2 aromatic carbocycles. The van der Waals surface area contributed by atoms with E-state index in [1.54, 1.807) is 23.9 Å². The molecule has 2 aromatic rings. The molecule has 1 N–H and O–H groups in total. The van der Waals surface area contributed by atoms with E-state index in [1.807, 2.05) is 24.3 Å². The molecule has 2 rings (SSSR count). The Bertz CT molecular complexity index is 586. The Hall–Kier alpha value is -1.52. The van der Waals surface area contributed by atoms with Gasteiger partial charge in [-0.2, -0.15) is 0 Å². The molecule has 0 saturated heterocycles. The highest BCUT2D eigenvalue weighted by atomic mass is 35.5. The molecule has 0 unspecified atom stereocenters. The summed E-state index contributed by atoms with van der Waals surface area (Å²) < 4.78 is 12.7. The van der Waals surface area contributed by atoms with Crippen molar-refractivity contribution in [2.75, 3.05) is 12.3 Å². The molecule has 0 aromatic heterocycles. The normalized spacial score (nSPS) is 10.4. The molecule has 1 amide bonds. The molecular formula is C16H15ClFNOS. The monoisotopic (exact) mass is 323 g/mol. The van der Waals surface area contributed by atoms with E-state index in [9.17, 15) is 9.18 Å². The molecule has 21 heavy (non-hydrogen) atoms. The van der Waals surface area contributed by atoms with Gasteiger partial charge in [-0.1, -0.05) is 23.7 Å². The van der Waals surface area contributed by atoms with Crippen LogP contribution in [0.4, 0.5) is 4.39 Å². The molecule has 0 radical (unpaired) electrons. The molecule has 0 saturated carbocycles.